The van der Waals surface area contributed by atoms with Gasteiger partial charge in [-0.05, 0) is 48.5 Å². The van der Waals surface area contributed by atoms with E-state index in [9.17, 15) is 9.59 Å². The molecule has 1 amide bonds. The lowest BCUT2D eigenvalue weighted by atomic mass is 10.2. The molecular formula is C22H21ClN4O3S. The highest BCUT2D eigenvalue weighted by Crippen LogP contribution is 2.25. The second kappa shape index (κ2) is 8.95. The first-order valence-electron chi connectivity index (χ1n) is 9.80. The zero-order chi connectivity index (χ0) is 22.0. The van der Waals surface area contributed by atoms with E-state index < -0.39 is 0 Å². The molecule has 2 heterocycles. The molecule has 0 aliphatic carbocycles. The fourth-order valence-corrected chi connectivity index (χ4v) is 3.99. The van der Waals surface area contributed by atoms with Gasteiger partial charge in [-0.1, -0.05) is 29.8 Å². The van der Waals surface area contributed by atoms with Crippen LogP contribution in [0.2, 0.25) is 5.02 Å². The minimum absolute atomic E-state index is 0.110. The van der Waals surface area contributed by atoms with Crippen molar-refractivity contribution >= 4 is 51.7 Å². The quantitative estimate of drug-likeness (QED) is 0.361. The molecule has 0 saturated heterocycles. The Hall–Kier alpha value is -3.10. The van der Waals surface area contributed by atoms with E-state index in [0.717, 1.165) is 16.5 Å². The summed E-state index contributed by atoms with van der Waals surface area (Å²) in [6.45, 7) is 0.700. The highest BCUT2D eigenvalue weighted by molar-refractivity contribution is 7.71. The van der Waals surface area contributed by atoms with Gasteiger partial charge in [-0.2, -0.15) is 0 Å². The third-order valence-corrected chi connectivity index (χ3v) is 5.85. The molecule has 4 rings (SSSR count). The van der Waals surface area contributed by atoms with Gasteiger partial charge in [0, 0.05) is 35.4 Å². The summed E-state index contributed by atoms with van der Waals surface area (Å²) in [5.41, 5.74) is 2.55. The molecule has 0 spiro atoms. The number of aromatic nitrogens is 3. The molecule has 0 aliphatic heterocycles. The molecule has 2 aromatic carbocycles. The normalized spacial score (nSPS) is 11.2. The zero-order valence-electron chi connectivity index (χ0n) is 16.8. The Morgan fingerprint density at radius 3 is 2.77 bits per heavy atom. The van der Waals surface area contributed by atoms with E-state index in [1.807, 2.05) is 36.4 Å². The Morgan fingerprint density at radius 1 is 1.19 bits per heavy atom. The van der Waals surface area contributed by atoms with Gasteiger partial charge in [0.25, 0.3) is 5.56 Å². The Bertz CT molecular complexity index is 1390. The first-order chi connectivity index (χ1) is 15.0. The van der Waals surface area contributed by atoms with Crippen LogP contribution in [0, 0.1) is 4.77 Å². The molecule has 7 nitrogen and oxygen atoms in total. The maximum Gasteiger partial charge on any atom is 0.278 e. The number of carbonyl (C=O) groups excluding carboxylic acids is 1. The van der Waals surface area contributed by atoms with Crippen LogP contribution in [0.5, 0.6) is 5.75 Å². The van der Waals surface area contributed by atoms with Gasteiger partial charge in [0.15, 0.2) is 4.77 Å². The zero-order valence-corrected chi connectivity index (χ0v) is 18.4. The molecule has 160 valence electrons. The predicted molar refractivity (Wildman–Crippen MR) is 124 cm³/mol. The summed E-state index contributed by atoms with van der Waals surface area (Å²) in [5.74, 6) is 0.585. The van der Waals surface area contributed by atoms with Crippen LogP contribution >= 0.6 is 23.8 Å². The predicted octanol–water partition coefficient (Wildman–Crippen LogP) is 4.30. The summed E-state index contributed by atoms with van der Waals surface area (Å²) in [5, 5.41) is 4.30. The molecular weight excluding hydrogens is 436 g/mol. The number of hydrogen-bond acceptors (Lipinski definition) is 4. The molecule has 2 aromatic heterocycles. The van der Waals surface area contributed by atoms with Gasteiger partial charge in [-0.3, -0.25) is 14.2 Å². The number of nitrogens with zero attached hydrogens (tertiary/aromatic N) is 1. The smallest absolute Gasteiger partial charge is 0.278 e. The highest BCUT2D eigenvalue weighted by atomic mass is 35.5. The van der Waals surface area contributed by atoms with Crippen molar-refractivity contribution in [3.8, 4) is 5.75 Å². The number of H-pyrrole nitrogens is 2. The Kier molecular flexibility index (Phi) is 6.11. The van der Waals surface area contributed by atoms with Crippen LogP contribution in [0.4, 0.5) is 0 Å². The lowest BCUT2D eigenvalue weighted by Crippen LogP contribution is -2.25. The number of aromatic amines is 2. The van der Waals surface area contributed by atoms with Crippen LogP contribution in [0.25, 0.3) is 21.9 Å². The van der Waals surface area contributed by atoms with E-state index in [1.165, 1.54) is 4.57 Å². The van der Waals surface area contributed by atoms with Crippen LogP contribution in [0.15, 0.2) is 47.3 Å². The largest absolute Gasteiger partial charge is 0.497 e. The van der Waals surface area contributed by atoms with Crippen LogP contribution in [-0.2, 0) is 17.9 Å². The Balaban J connectivity index is 1.46. The second-order valence-electron chi connectivity index (χ2n) is 7.15. The Labute approximate surface area is 188 Å². The molecule has 31 heavy (non-hydrogen) atoms. The minimum atomic E-state index is -0.217. The Morgan fingerprint density at radius 2 is 2.00 bits per heavy atom. The molecule has 9 heteroatoms. The van der Waals surface area contributed by atoms with Crippen molar-refractivity contribution in [2.24, 2.45) is 0 Å². The molecule has 0 unspecified atom stereocenters. The number of nitrogens with one attached hydrogen (secondary N) is 3. The van der Waals surface area contributed by atoms with E-state index in [-0.39, 0.29) is 17.9 Å². The van der Waals surface area contributed by atoms with E-state index in [1.54, 1.807) is 13.2 Å². The minimum Gasteiger partial charge on any atom is -0.497 e. The third kappa shape index (κ3) is 4.35. The van der Waals surface area contributed by atoms with Crippen molar-refractivity contribution in [1.29, 1.82) is 0 Å². The fraction of sp³-hybridized carbons (Fsp3) is 0.227. The second-order valence-corrected chi connectivity index (χ2v) is 7.94. The average Bonchev–Trinajstić information content (AvgIpc) is 3.13. The fourth-order valence-electron chi connectivity index (χ4n) is 3.51. The molecule has 0 saturated carbocycles. The molecule has 0 bridgehead atoms. The molecule has 0 atom stereocenters. The number of carbonyl (C=O) groups is 1. The number of amides is 1. The number of halogens is 1. The lowest BCUT2D eigenvalue weighted by Gasteiger charge is -2.08. The van der Waals surface area contributed by atoms with Crippen molar-refractivity contribution in [1.82, 2.24) is 19.9 Å². The van der Waals surface area contributed by atoms with Gasteiger partial charge in [0.05, 0.1) is 12.6 Å². The average molecular weight is 457 g/mol. The van der Waals surface area contributed by atoms with Gasteiger partial charge in [-0.15, -0.1) is 0 Å². The van der Waals surface area contributed by atoms with E-state index in [0.29, 0.717) is 46.1 Å². The van der Waals surface area contributed by atoms with E-state index in [4.69, 9.17) is 28.6 Å². The molecule has 0 fully saturated rings. The molecule has 0 radical (unpaired) electrons. The van der Waals surface area contributed by atoms with Crippen molar-refractivity contribution in [3.05, 3.63) is 68.2 Å². The first kappa shape index (κ1) is 21.1. The van der Waals surface area contributed by atoms with Crippen molar-refractivity contribution in [2.75, 3.05) is 7.11 Å². The first-order valence-corrected chi connectivity index (χ1v) is 10.6. The number of ether oxygens (including phenoxy) is 1. The van der Waals surface area contributed by atoms with Gasteiger partial charge >= 0.3 is 0 Å². The van der Waals surface area contributed by atoms with Crippen LogP contribution < -0.4 is 15.6 Å². The molecule has 0 aliphatic rings. The topological polar surface area (TPSA) is 91.9 Å². The molecule has 3 N–H and O–H groups in total. The third-order valence-electron chi connectivity index (χ3n) is 5.16. The summed E-state index contributed by atoms with van der Waals surface area (Å²) in [6, 6.07) is 12.9. The molecule has 4 aromatic rings. The number of fused-ring (bicyclic) bond motifs is 3. The van der Waals surface area contributed by atoms with Gasteiger partial charge in [0.2, 0.25) is 5.91 Å². The van der Waals surface area contributed by atoms with Crippen LogP contribution in [0.3, 0.4) is 0 Å². The van der Waals surface area contributed by atoms with Gasteiger partial charge in [-0.25, -0.2) is 0 Å². The van der Waals surface area contributed by atoms with E-state index >= 15 is 0 Å². The van der Waals surface area contributed by atoms with E-state index in [2.05, 4.69) is 15.3 Å². The maximum atomic E-state index is 13.0. The van der Waals surface area contributed by atoms with Gasteiger partial charge in [0.1, 0.15) is 11.3 Å². The van der Waals surface area contributed by atoms with Crippen LogP contribution in [0.1, 0.15) is 18.4 Å². The number of methoxy groups -OCH3 is 1. The SMILES string of the molecule is COc1ccc2[nH]c3c(=O)n(CCCC(=O)NCc4ccccc4Cl)c(=S)[nH]c3c2c1. The summed E-state index contributed by atoms with van der Waals surface area (Å²) in [4.78, 5) is 31.5. The summed E-state index contributed by atoms with van der Waals surface area (Å²) < 4.78 is 7.07. The lowest BCUT2D eigenvalue weighted by molar-refractivity contribution is -0.121. The van der Waals surface area contributed by atoms with Crippen molar-refractivity contribution in [2.45, 2.75) is 25.9 Å². The summed E-state index contributed by atoms with van der Waals surface area (Å²) >= 11 is 11.5. The van der Waals surface area contributed by atoms with Crippen molar-refractivity contribution < 1.29 is 9.53 Å². The van der Waals surface area contributed by atoms with Crippen molar-refractivity contribution in [3.63, 3.8) is 0 Å². The summed E-state index contributed by atoms with van der Waals surface area (Å²) in [7, 11) is 1.59. The maximum absolute atomic E-state index is 13.0. The standard InChI is InChI=1S/C22H21ClN4O3S/c1-30-14-8-9-17-15(11-14)19-20(25-17)21(29)27(22(31)26-19)10-4-7-18(28)24-12-13-5-2-3-6-16(13)23/h2-3,5-6,8-9,11,25H,4,7,10,12H2,1H3,(H,24,28)(H,26,31). The summed E-state index contributed by atoms with van der Waals surface area (Å²) in [6.07, 6.45) is 0.749. The number of benzene rings is 2. The number of hydrogen-bond donors (Lipinski definition) is 3. The monoisotopic (exact) mass is 456 g/mol. The van der Waals surface area contributed by atoms with Crippen LogP contribution in [-0.4, -0.2) is 27.6 Å². The van der Waals surface area contributed by atoms with Gasteiger partial charge < -0.3 is 20.0 Å². The number of rotatable bonds is 7. The highest BCUT2D eigenvalue weighted by Gasteiger charge is 2.13.